The number of carbonyl (C=O) groups excluding carboxylic acids is 2. The Morgan fingerprint density at radius 2 is 2.15 bits per heavy atom. The summed E-state index contributed by atoms with van der Waals surface area (Å²) in [5.41, 5.74) is 0.310. The third kappa shape index (κ3) is 0.881. The number of fused-ring (bicyclic) bond motifs is 1. The van der Waals surface area contributed by atoms with Crippen molar-refractivity contribution >= 4 is 24.0 Å². The number of rotatable bonds is 0. The van der Waals surface area contributed by atoms with Gasteiger partial charge in [-0.2, -0.15) is 0 Å². The summed E-state index contributed by atoms with van der Waals surface area (Å²) >= 11 is 0. The Hall–Kier alpha value is -1.72. The Labute approximate surface area is 74.6 Å². The van der Waals surface area contributed by atoms with Gasteiger partial charge in [0.15, 0.2) is 0 Å². The lowest BCUT2D eigenvalue weighted by atomic mass is 10.2. The van der Waals surface area contributed by atoms with Gasteiger partial charge in [-0.05, 0) is 4.99 Å². The Morgan fingerprint density at radius 3 is 2.85 bits per heavy atom. The smallest absolute Gasteiger partial charge is 0.278 e. The average Bonchev–Trinajstić information content (AvgIpc) is 2.59. The van der Waals surface area contributed by atoms with Gasteiger partial charge in [-0.1, -0.05) is 4.99 Å². The van der Waals surface area contributed by atoms with Gasteiger partial charge in [-0.3, -0.25) is 14.6 Å². The minimum absolute atomic E-state index is 0.310. The van der Waals surface area contributed by atoms with Crippen molar-refractivity contribution < 1.29 is 9.59 Å². The molecule has 6 nitrogen and oxygen atoms in total. The summed E-state index contributed by atoms with van der Waals surface area (Å²) < 4.78 is 0. The van der Waals surface area contributed by atoms with Crippen LogP contribution in [0, 0.1) is 0 Å². The molecule has 6 heteroatoms. The zero-order valence-corrected chi connectivity index (χ0v) is 7.26. The van der Waals surface area contributed by atoms with Crippen molar-refractivity contribution in [2.75, 3.05) is 14.1 Å². The van der Waals surface area contributed by atoms with Crippen molar-refractivity contribution in [3.8, 4) is 0 Å². The van der Waals surface area contributed by atoms with Gasteiger partial charge in [0.1, 0.15) is 0 Å². The molecule has 3 amide bonds. The van der Waals surface area contributed by atoms with E-state index in [9.17, 15) is 9.59 Å². The van der Waals surface area contributed by atoms with Gasteiger partial charge in [0.05, 0.1) is 0 Å². The highest BCUT2D eigenvalue weighted by atomic mass is 16.2. The molecule has 67 valence electrons. The van der Waals surface area contributed by atoms with E-state index in [0.717, 1.165) is 4.90 Å². The van der Waals surface area contributed by atoms with Gasteiger partial charge in [-0.15, -0.1) is 0 Å². The number of nitrogens with zero attached hydrogens (tertiary/aromatic N) is 4. The molecular formula is C7H8N4O2+. The van der Waals surface area contributed by atoms with Crippen LogP contribution in [0.25, 0.3) is 0 Å². The standard InChI is InChI=1S/C7H8N4O2/c1-10-5-4(8-3-9-5)6(12)11(2)7(10)13/h3,5H,1-2H3/q+1. The first kappa shape index (κ1) is 7.90. The first-order chi connectivity index (χ1) is 6.13. The van der Waals surface area contributed by atoms with E-state index in [4.69, 9.17) is 0 Å². The molecular weight excluding hydrogens is 172 g/mol. The minimum atomic E-state index is -0.517. The van der Waals surface area contributed by atoms with Gasteiger partial charge in [0.2, 0.25) is 0 Å². The molecule has 0 bridgehead atoms. The van der Waals surface area contributed by atoms with E-state index in [0.29, 0.717) is 5.71 Å². The highest BCUT2D eigenvalue weighted by molar-refractivity contribution is 6.45. The van der Waals surface area contributed by atoms with Crippen LogP contribution < -0.4 is 4.99 Å². The van der Waals surface area contributed by atoms with E-state index in [2.05, 4.69) is 9.98 Å². The Bertz CT molecular complexity index is 346. The number of urea groups is 1. The van der Waals surface area contributed by atoms with E-state index in [-0.39, 0.29) is 11.9 Å². The van der Waals surface area contributed by atoms with Crippen molar-refractivity contribution in [2.24, 2.45) is 4.99 Å². The zero-order chi connectivity index (χ0) is 9.59. The molecule has 1 radical (unpaired) electrons. The van der Waals surface area contributed by atoms with Crippen LogP contribution >= 0.6 is 0 Å². The fourth-order valence-corrected chi connectivity index (χ4v) is 1.34. The summed E-state index contributed by atoms with van der Waals surface area (Å²) in [7, 11) is 3.02. The van der Waals surface area contributed by atoms with Crippen LogP contribution in [0.3, 0.4) is 0 Å². The number of imide groups is 1. The van der Waals surface area contributed by atoms with Crippen LogP contribution in [-0.2, 0) is 4.79 Å². The summed E-state index contributed by atoms with van der Waals surface area (Å²) in [5.74, 6) is -0.370. The molecule has 2 rings (SSSR count). The fourth-order valence-electron chi connectivity index (χ4n) is 1.34. The van der Waals surface area contributed by atoms with Crippen molar-refractivity contribution in [3.05, 3.63) is 0 Å². The van der Waals surface area contributed by atoms with E-state index < -0.39 is 6.17 Å². The molecule has 0 aliphatic carbocycles. The lowest BCUT2D eigenvalue weighted by Gasteiger charge is -2.28. The van der Waals surface area contributed by atoms with Crippen LogP contribution in [0.5, 0.6) is 0 Å². The molecule has 0 N–H and O–H groups in total. The molecule has 1 atom stereocenters. The van der Waals surface area contributed by atoms with Gasteiger partial charge < -0.3 is 0 Å². The quantitative estimate of drug-likeness (QED) is 0.462. The second-order valence-corrected chi connectivity index (χ2v) is 2.91. The van der Waals surface area contributed by atoms with E-state index in [1.807, 2.05) is 0 Å². The summed E-state index contributed by atoms with van der Waals surface area (Å²) in [6.45, 7) is 0. The van der Waals surface area contributed by atoms with Crippen LogP contribution in [0.2, 0.25) is 0 Å². The number of carbonyl (C=O) groups is 2. The lowest BCUT2D eigenvalue weighted by Crippen LogP contribution is -2.58. The van der Waals surface area contributed by atoms with Crippen molar-refractivity contribution in [1.82, 2.24) is 14.8 Å². The lowest BCUT2D eigenvalue weighted by molar-refractivity contribution is -0.122. The number of hydrogen-bond acceptors (Lipinski definition) is 4. The predicted octanol–water partition coefficient (Wildman–Crippen LogP) is -1.34. The van der Waals surface area contributed by atoms with Gasteiger partial charge in [0, 0.05) is 14.1 Å². The highest BCUT2D eigenvalue weighted by Gasteiger charge is 2.48. The van der Waals surface area contributed by atoms with Crippen molar-refractivity contribution in [1.29, 1.82) is 0 Å². The molecule has 1 saturated heterocycles. The molecule has 1 fully saturated rings. The predicted molar refractivity (Wildman–Crippen MR) is 45.4 cm³/mol. The van der Waals surface area contributed by atoms with Crippen molar-refractivity contribution in [2.45, 2.75) is 6.17 Å². The molecule has 13 heavy (non-hydrogen) atoms. The van der Waals surface area contributed by atoms with Crippen LogP contribution in [0.1, 0.15) is 0 Å². The Morgan fingerprint density at radius 1 is 1.46 bits per heavy atom. The topological polar surface area (TPSA) is 67.1 Å². The monoisotopic (exact) mass is 180 g/mol. The summed E-state index contributed by atoms with van der Waals surface area (Å²) in [6.07, 6.45) is 0.789. The Balaban J connectivity index is 2.41. The Kier molecular flexibility index (Phi) is 1.45. The summed E-state index contributed by atoms with van der Waals surface area (Å²) in [5, 5.41) is 0. The molecule has 0 aromatic carbocycles. The van der Waals surface area contributed by atoms with Crippen LogP contribution in [-0.4, -0.2) is 54.0 Å². The maximum absolute atomic E-state index is 11.4. The molecule has 0 spiro atoms. The fraction of sp³-hybridized carbons (Fsp3) is 0.429. The largest absolute Gasteiger partial charge is 0.330 e. The summed E-state index contributed by atoms with van der Waals surface area (Å²) in [6, 6.07) is -0.354. The van der Waals surface area contributed by atoms with Gasteiger partial charge in [0.25, 0.3) is 11.9 Å². The molecule has 0 saturated carbocycles. The molecule has 2 heterocycles. The number of hydrogen-bond donors (Lipinski definition) is 0. The summed E-state index contributed by atoms with van der Waals surface area (Å²) in [4.78, 5) is 32.9. The first-order valence-corrected chi connectivity index (χ1v) is 3.77. The molecule has 0 aromatic heterocycles. The zero-order valence-electron chi connectivity index (χ0n) is 7.26. The normalized spacial score (nSPS) is 26.6. The van der Waals surface area contributed by atoms with E-state index in [1.54, 1.807) is 7.05 Å². The molecule has 0 aromatic rings. The maximum Gasteiger partial charge on any atom is 0.330 e. The maximum atomic E-state index is 11.4. The second kappa shape index (κ2) is 2.38. The van der Waals surface area contributed by atoms with Crippen LogP contribution in [0.4, 0.5) is 4.79 Å². The van der Waals surface area contributed by atoms with E-state index >= 15 is 0 Å². The average molecular weight is 180 g/mol. The number of amides is 3. The SMILES string of the molecule is CN1C(=O)C2=[N+]C=NC2N(C)C1=O. The van der Waals surface area contributed by atoms with E-state index in [1.165, 1.54) is 18.3 Å². The number of aliphatic imine (C=N–C) groups is 2. The van der Waals surface area contributed by atoms with Gasteiger partial charge in [-0.25, -0.2) is 4.79 Å². The van der Waals surface area contributed by atoms with Gasteiger partial charge >= 0.3 is 18.3 Å². The third-order valence-electron chi connectivity index (χ3n) is 2.13. The highest BCUT2D eigenvalue weighted by Crippen LogP contribution is 2.13. The molecule has 1 unspecified atom stereocenters. The first-order valence-electron chi connectivity index (χ1n) is 3.77. The second-order valence-electron chi connectivity index (χ2n) is 2.91. The third-order valence-corrected chi connectivity index (χ3v) is 2.13. The minimum Gasteiger partial charge on any atom is -0.278 e. The van der Waals surface area contributed by atoms with Crippen LogP contribution in [0.15, 0.2) is 4.99 Å². The molecule has 2 aliphatic heterocycles. The molecule has 2 aliphatic rings. The van der Waals surface area contributed by atoms with Crippen molar-refractivity contribution in [3.63, 3.8) is 0 Å².